The van der Waals surface area contributed by atoms with Crippen molar-refractivity contribution in [3.05, 3.63) is 35.4 Å². The van der Waals surface area contributed by atoms with Gasteiger partial charge in [0.2, 0.25) is 5.91 Å². The first-order chi connectivity index (χ1) is 12.2. The second kappa shape index (κ2) is 7.09. The molecule has 2 unspecified atom stereocenters. The van der Waals surface area contributed by atoms with Crippen LogP contribution in [0.1, 0.15) is 57.2 Å². The van der Waals surface area contributed by atoms with Gasteiger partial charge in [-0.15, -0.1) is 0 Å². The van der Waals surface area contributed by atoms with Crippen molar-refractivity contribution in [1.82, 2.24) is 10.2 Å². The van der Waals surface area contributed by atoms with E-state index in [1.165, 1.54) is 10.5 Å². The monoisotopic (exact) mass is 358 g/mol. The molecule has 3 rings (SSSR count). The molecule has 1 aliphatic carbocycles. The lowest BCUT2D eigenvalue weighted by Gasteiger charge is -2.30. The number of aryl methyl sites for hydroxylation is 1. The molecular weight excluding hydrogens is 332 g/mol. The minimum Gasteiger partial charge on any atom is -0.444 e. The van der Waals surface area contributed by atoms with Gasteiger partial charge in [-0.05, 0) is 51.2 Å². The highest BCUT2D eigenvalue weighted by atomic mass is 16.6. The molecular formula is C20H26N2O4. The Balaban J connectivity index is 1.72. The van der Waals surface area contributed by atoms with E-state index in [1.807, 2.05) is 18.2 Å². The summed E-state index contributed by atoms with van der Waals surface area (Å²) >= 11 is 0. The SMILES string of the molecule is CC(C)(C)OC(=O)N1CC(=O)CC1C(=O)NC1CCCc2ccccc21. The lowest BCUT2D eigenvalue weighted by atomic mass is 9.87. The molecule has 2 aliphatic rings. The zero-order valence-corrected chi connectivity index (χ0v) is 15.6. The Hall–Kier alpha value is -2.37. The largest absolute Gasteiger partial charge is 0.444 e. The Morgan fingerprint density at radius 3 is 2.69 bits per heavy atom. The number of carbonyl (C=O) groups is 3. The molecule has 6 heteroatoms. The number of hydrogen-bond acceptors (Lipinski definition) is 4. The fraction of sp³-hybridized carbons (Fsp3) is 0.550. The zero-order valence-electron chi connectivity index (χ0n) is 15.6. The third kappa shape index (κ3) is 4.06. The molecule has 2 atom stereocenters. The maximum atomic E-state index is 12.8. The number of nitrogens with one attached hydrogen (secondary N) is 1. The number of benzene rings is 1. The van der Waals surface area contributed by atoms with E-state index in [-0.39, 0.29) is 30.7 Å². The van der Waals surface area contributed by atoms with E-state index < -0.39 is 17.7 Å². The van der Waals surface area contributed by atoms with Crippen LogP contribution in [0.15, 0.2) is 24.3 Å². The molecule has 1 aromatic rings. The van der Waals surface area contributed by atoms with Crippen LogP contribution in [0.25, 0.3) is 0 Å². The number of fused-ring (bicyclic) bond motifs is 1. The molecule has 2 amide bonds. The van der Waals surface area contributed by atoms with Gasteiger partial charge in [-0.2, -0.15) is 0 Å². The van der Waals surface area contributed by atoms with E-state index in [1.54, 1.807) is 20.8 Å². The number of ketones is 1. The van der Waals surface area contributed by atoms with Gasteiger partial charge in [0, 0.05) is 6.42 Å². The van der Waals surface area contributed by atoms with E-state index in [9.17, 15) is 14.4 Å². The topological polar surface area (TPSA) is 75.7 Å². The second-order valence-electron chi connectivity index (χ2n) is 8.02. The maximum absolute atomic E-state index is 12.8. The van der Waals surface area contributed by atoms with Gasteiger partial charge in [-0.1, -0.05) is 24.3 Å². The molecule has 1 aromatic carbocycles. The van der Waals surface area contributed by atoms with Crippen molar-refractivity contribution in [3.63, 3.8) is 0 Å². The van der Waals surface area contributed by atoms with E-state index in [2.05, 4.69) is 11.4 Å². The number of carbonyl (C=O) groups excluding carboxylic acids is 3. The lowest BCUT2D eigenvalue weighted by Crippen LogP contribution is -2.48. The van der Waals surface area contributed by atoms with Gasteiger partial charge in [0.1, 0.15) is 11.6 Å². The number of ether oxygens (including phenoxy) is 1. The van der Waals surface area contributed by atoms with Crippen LogP contribution in [-0.4, -0.2) is 40.9 Å². The molecule has 0 spiro atoms. The summed E-state index contributed by atoms with van der Waals surface area (Å²) in [4.78, 5) is 38.4. The second-order valence-corrected chi connectivity index (χ2v) is 8.02. The highest BCUT2D eigenvalue weighted by Gasteiger charge is 2.41. The third-order valence-corrected chi connectivity index (χ3v) is 4.76. The summed E-state index contributed by atoms with van der Waals surface area (Å²) in [6, 6.07) is 7.21. The minimum atomic E-state index is -0.800. The number of Topliss-reactive ketones (excluding diaryl/α,β-unsaturated/α-hetero) is 1. The quantitative estimate of drug-likeness (QED) is 0.882. The number of rotatable bonds is 2. The highest BCUT2D eigenvalue weighted by Crippen LogP contribution is 2.30. The fourth-order valence-electron chi connectivity index (χ4n) is 3.61. The Morgan fingerprint density at radius 2 is 1.96 bits per heavy atom. The zero-order chi connectivity index (χ0) is 18.9. The van der Waals surface area contributed by atoms with E-state index in [0.29, 0.717) is 0 Å². The smallest absolute Gasteiger partial charge is 0.411 e. The van der Waals surface area contributed by atoms with Gasteiger partial charge in [0.05, 0.1) is 12.6 Å². The maximum Gasteiger partial charge on any atom is 0.411 e. The molecule has 140 valence electrons. The first-order valence-corrected chi connectivity index (χ1v) is 9.14. The van der Waals surface area contributed by atoms with Crippen LogP contribution < -0.4 is 5.32 Å². The van der Waals surface area contributed by atoms with E-state index >= 15 is 0 Å². The van der Waals surface area contributed by atoms with Crippen molar-refractivity contribution in [2.45, 2.75) is 64.1 Å². The van der Waals surface area contributed by atoms with Crippen LogP contribution in [-0.2, 0) is 20.7 Å². The molecule has 1 fully saturated rings. The van der Waals surface area contributed by atoms with Gasteiger partial charge < -0.3 is 10.1 Å². The summed E-state index contributed by atoms with van der Waals surface area (Å²) in [5, 5.41) is 3.04. The first-order valence-electron chi connectivity index (χ1n) is 9.14. The number of likely N-dealkylation sites (tertiary alicyclic amines) is 1. The molecule has 0 bridgehead atoms. The van der Waals surface area contributed by atoms with Crippen molar-refractivity contribution in [1.29, 1.82) is 0 Å². The Labute approximate surface area is 153 Å². The average molecular weight is 358 g/mol. The normalized spacial score (nSPS) is 22.7. The van der Waals surface area contributed by atoms with Gasteiger partial charge >= 0.3 is 6.09 Å². The molecule has 0 radical (unpaired) electrons. The van der Waals surface area contributed by atoms with Crippen LogP contribution in [0.2, 0.25) is 0 Å². The summed E-state index contributed by atoms with van der Waals surface area (Å²) < 4.78 is 5.35. The predicted octanol–water partition coefficient (Wildman–Crippen LogP) is 2.76. The van der Waals surface area contributed by atoms with Crippen LogP contribution in [0.5, 0.6) is 0 Å². The van der Waals surface area contributed by atoms with E-state index in [4.69, 9.17) is 4.74 Å². The fourth-order valence-corrected chi connectivity index (χ4v) is 3.61. The molecule has 6 nitrogen and oxygen atoms in total. The summed E-state index contributed by atoms with van der Waals surface area (Å²) in [7, 11) is 0. The molecule has 1 N–H and O–H groups in total. The van der Waals surface area contributed by atoms with Crippen molar-refractivity contribution in [2.75, 3.05) is 6.54 Å². The van der Waals surface area contributed by atoms with Crippen LogP contribution in [0, 0.1) is 0 Å². The Morgan fingerprint density at radius 1 is 1.23 bits per heavy atom. The average Bonchev–Trinajstić information content (AvgIpc) is 2.96. The van der Waals surface area contributed by atoms with Crippen molar-refractivity contribution in [3.8, 4) is 0 Å². The van der Waals surface area contributed by atoms with Gasteiger partial charge in [0.25, 0.3) is 0 Å². The lowest BCUT2D eigenvalue weighted by molar-refractivity contribution is -0.126. The first kappa shape index (κ1) is 18.4. The van der Waals surface area contributed by atoms with Crippen LogP contribution >= 0.6 is 0 Å². The Bertz CT molecular complexity index is 723. The molecule has 1 aliphatic heterocycles. The molecule has 1 saturated heterocycles. The standard InChI is InChI=1S/C20H26N2O4/c1-20(2,3)26-19(25)22-12-14(23)11-17(22)18(24)21-16-10-6-8-13-7-4-5-9-15(13)16/h4-5,7,9,16-17H,6,8,10-12H2,1-3H3,(H,21,24). The van der Waals surface area contributed by atoms with Crippen LogP contribution in [0.3, 0.4) is 0 Å². The number of hydrogen-bond donors (Lipinski definition) is 1. The van der Waals surface area contributed by atoms with Crippen LogP contribution in [0.4, 0.5) is 4.79 Å². The summed E-state index contributed by atoms with van der Waals surface area (Å²) in [6.07, 6.45) is 2.29. The highest BCUT2D eigenvalue weighted by molar-refractivity contribution is 5.97. The number of amides is 2. The summed E-state index contributed by atoms with van der Waals surface area (Å²) in [5.74, 6) is -0.413. The van der Waals surface area contributed by atoms with Crippen molar-refractivity contribution < 1.29 is 19.1 Å². The molecule has 1 heterocycles. The van der Waals surface area contributed by atoms with Gasteiger partial charge in [-0.25, -0.2) is 4.79 Å². The summed E-state index contributed by atoms with van der Waals surface area (Å²) in [6.45, 7) is 5.21. The van der Waals surface area contributed by atoms with Gasteiger partial charge in [-0.3, -0.25) is 14.5 Å². The summed E-state index contributed by atoms with van der Waals surface area (Å²) in [5.41, 5.74) is 1.70. The van der Waals surface area contributed by atoms with Crippen molar-refractivity contribution in [2.24, 2.45) is 0 Å². The predicted molar refractivity (Wildman–Crippen MR) is 96.6 cm³/mol. The van der Waals surface area contributed by atoms with Gasteiger partial charge in [0.15, 0.2) is 5.78 Å². The molecule has 0 saturated carbocycles. The van der Waals surface area contributed by atoms with Crippen molar-refractivity contribution >= 4 is 17.8 Å². The molecule has 26 heavy (non-hydrogen) atoms. The minimum absolute atomic E-state index is 0.0411. The molecule has 0 aromatic heterocycles. The Kier molecular flexibility index (Phi) is 5.03. The van der Waals surface area contributed by atoms with E-state index in [0.717, 1.165) is 24.8 Å². The number of nitrogens with zero attached hydrogens (tertiary/aromatic N) is 1. The third-order valence-electron chi connectivity index (χ3n) is 4.76.